The van der Waals surface area contributed by atoms with E-state index in [0.717, 1.165) is 17.5 Å². The number of amides is 1. The summed E-state index contributed by atoms with van der Waals surface area (Å²) in [4.78, 5) is 24.4. The third-order valence-electron chi connectivity index (χ3n) is 4.31. The number of phenolic OH excluding ortho intramolecular Hbond substituents is 1. The molecule has 0 aliphatic carbocycles. The molecule has 2 atom stereocenters. The summed E-state index contributed by atoms with van der Waals surface area (Å²) in [6.07, 6.45) is -0.0631. The van der Waals surface area contributed by atoms with Gasteiger partial charge in [0.2, 0.25) is 0 Å². The summed E-state index contributed by atoms with van der Waals surface area (Å²) in [7, 11) is 0. The van der Waals surface area contributed by atoms with E-state index >= 15 is 0 Å². The van der Waals surface area contributed by atoms with E-state index in [4.69, 9.17) is 4.74 Å². The standard InChI is InChI=1S/C21H25NO4/c1-4-16(17-8-6-5-7-9-17)13-22-20(24)15(3)26-21(25)18-11-10-14(2)12-19(18)23/h5-12,15-16,23H,4,13H2,1-3H3,(H,22,24)/t15-,16+/m1/s1. The molecule has 0 spiro atoms. The molecule has 0 fully saturated rings. The minimum absolute atomic E-state index is 0.0472. The highest BCUT2D eigenvalue weighted by Crippen LogP contribution is 2.20. The average Bonchev–Trinajstić information content (AvgIpc) is 2.62. The second-order valence-electron chi connectivity index (χ2n) is 6.33. The Labute approximate surface area is 154 Å². The summed E-state index contributed by atoms with van der Waals surface area (Å²) in [6.45, 7) is 5.86. The first-order valence-electron chi connectivity index (χ1n) is 8.75. The number of benzene rings is 2. The van der Waals surface area contributed by atoms with Crippen molar-refractivity contribution in [3.63, 3.8) is 0 Å². The van der Waals surface area contributed by atoms with Crippen molar-refractivity contribution < 1.29 is 19.4 Å². The van der Waals surface area contributed by atoms with E-state index in [2.05, 4.69) is 12.2 Å². The van der Waals surface area contributed by atoms with Crippen LogP contribution >= 0.6 is 0 Å². The van der Waals surface area contributed by atoms with Crippen LogP contribution in [0.1, 0.15) is 47.7 Å². The smallest absolute Gasteiger partial charge is 0.342 e. The Morgan fingerprint density at radius 2 is 1.85 bits per heavy atom. The molecule has 0 saturated carbocycles. The molecule has 2 aromatic rings. The Morgan fingerprint density at radius 3 is 2.46 bits per heavy atom. The highest BCUT2D eigenvalue weighted by molar-refractivity contribution is 5.94. The minimum Gasteiger partial charge on any atom is -0.507 e. The number of rotatable bonds is 7. The highest BCUT2D eigenvalue weighted by Gasteiger charge is 2.21. The van der Waals surface area contributed by atoms with E-state index in [-0.39, 0.29) is 23.1 Å². The SMILES string of the molecule is CC[C@@H](CNC(=O)[C@@H](C)OC(=O)c1ccc(C)cc1O)c1ccccc1. The summed E-state index contributed by atoms with van der Waals surface area (Å²) in [6, 6.07) is 14.6. The Bertz CT molecular complexity index is 758. The molecule has 0 aliphatic heterocycles. The lowest BCUT2D eigenvalue weighted by Gasteiger charge is -2.18. The lowest BCUT2D eigenvalue weighted by molar-refractivity contribution is -0.129. The number of aromatic hydroxyl groups is 1. The molecule has 2 N–H and O–H groups in total. The molecule has 26 heavy (non-hydrogen) atoms. The van der Waals surface area contributed by atoms with Gasteiger partial charge in [0.15, 0.2) is 6.10 Å². The van der Waals surface area contributed by atoms with E-state index in [1.807, 2.05) is 37.3 Å². The van der Waals surface area contributed by atoms with Crippen LogP contribution in [0.25, 0.3) is 0 Å². The van der Waals surface area contributed by atoms with Crippen LogP contribution in [0.15, 0.2) is 48.5 Å². The van der Waals surface area contributed by atoms with Crippen LogP contribution in [0.4, 0.5) is 0 Å². The molecule has 0 heterocycles. The number of aryl methyl sites for hydroxylation is 1. The zero-order valence-electron chi connectivity index (χ0n) is 15.4. The van der Waals surface area contributed by atoms with Crippen molar-refractivity contribution in [3.05, 3.63) is 65.2 Å². The van der Waals surface area contributed by atoms with Crippen molar-refractivity contribution in [1.29, 1.82) is 0 Å². The lowest BCUT2D eigenvalue weighted by atomic mass is 9.96. The monoisotopic (exact) mass is 355 g/mol. The van der Waals surface area contributed by atoms with E-state index in [1.165, 1.54) is 19.1 Å². The maximum Gasteiger partial charge on any atom is 0.342 e. The molecule has 0 bridgehead atoms. The van der Waals surface area contributed by atoms with E-state index in [9.17, 15) is 14.7 Å². The number of ether oxygens (including phenoxy) is 1. The third-order valence-corrected chi connectivity index (χ3v) is 4.31. The quantitative estimate of drug-likeness (QED) is 0.745. The van der Waals surface area contributed by atoms with Crippen LogP contribution in [0.3, 0.4) is 0 Å². The molecule has 2 aromatic carbocycles. The fourth-order valence-corrected chi connectivity index (χ4v) is 2.68. The van der Waals surface area contributed by atoms with Gasteiger partial charge in [0.1, 0.15) is 11.3 Å². The maximum absolute atomic E-state index is 12.2. The van der Waals surface area contributed by atoms with Crippen molar-refractivity contribution in [1.82, 2.24) is 5.32 Å². The van der Waals surface area contributed by atoms with Crippen LogP contribution in [0.2, 0.25) is 0 Å². The molecule has 0 aromatic heterocycles. The predicted octanol–water partition coefficient (Wildman–Crippen LogP) is 3.56. The van der Waals surface area contributed by atoms with Gasteiger partial charge in [-0.05, 0) is 43.5 Å². The van der Waals surface area contributed by atoms with Crippen molar-refractivity contribution in [2.45, 2.75) is 39.2 Å². The number of hydrogen-bond acceptors (Lipinski definition) is 4. The molecule has 1 amide bonds. The Morgan fingerprint density at radius 1 is 1.15 bits per heavy atom. The molecule has 0 radical (unpaired) electrons. The molecular weight excluding hydrogens is 330 g/mol. The second-order valence-corrected chi connectivity index (χ2v) is 6.33. The number of carbonyl (C=O) groups is 2. The summed E-state index contributed by atoms with van der Waals surface area (Å²) in [5.74, 6) is -1.04. The fraction of sp³-hybridized carbons (Fsp3) is 0.333. The van der Waals surface area contributed by atoms with Crippen molar-refractivity contribution in [2.24, 2.45) is 0 Å². The predicted molar refractivity (Wildman–Crippen MR) is 100 cm³/mol. The van der Waals surface area contributed by atoms with Crippen LogP contribution in [-0.4, -0.2) is 29.6 Å². The van der Waals surface area contributed by atoms with E-state index < -0.39 is 12.1 Å². The topological polar surface area (TPSA) is 75.6 Å². The first-order valence-corrected chi connectivity index (χ1v) is 8.75. The number of esters is 1. The summed E-state index contributed by atoms with van der Waals surface area (Å²) in [5.41, 5.74) is 2.03. The van der Waals surface area contributed by atoms with Gasteiger partial charge in [-0.3, -0.25) is 4.79 Å². The summed E-state index contributed by atoms with van der Waals surface area (Å²) < 4.78 is 5.18. The highest BCUT2D eigenvalue weighted by atomic mass is 16.5. The van der Waals surface area contributed by atoms with Gasteiger partial charge in [0.05, 0.1) is 0 Å². The first-order chi connectivity index (χ1) is 12.4. The van der Waals surface area contributed by atoms with Crippen molar-refractivity contribution in [2.75, 3.05) is 6.54 Å². The molecule has 138 valence electrons. The van der Waals surface area contributed by atoms with Crippen LogP contribution in [-0.2, 0) is 9.53 Å². The minimum atomic E-state index is -0.948. The van der Waals surface area contributed by atoms with Crippen LogP contribution in [0, 0.1) is 6.92 Å². The van der Waals surface area contributed by atoms with Gasteiger partial charge in [0.25, 0.3) is 5.91 Å². The Balaban J connectivity index is 1.91. The molecule has 0 unspecified atom stereocenters. The largest absolute Gasteiger partial charge is 0.507 e. The molecular formula is C21H25NO4. The van der Waals surface area contributed by atoms with Gasteiger partial charge in [-0.15, -0.1) is 0 Å². The second kappa shape index (κ2) is 9.04. The van der Waals surface area contributed by atoms with Gasteiger partial charge >= 0.3 is 5.97 Å². The number of hydrogen-bond donors (Lipinski definition) is 2. The van der Waals surface area contributed by atoms with E-state index in [1.54, 1.807) is 6.07 Å². The Kier molecular flexibility index (Phi) is 6.78. The first kappa shape index (κ1) is 19.5. The lowest BCUT2D eigenvalue weighted by Crippen LogP contribution is -2.38. The van der Waals surface area contributed by atoms with Gasteiger partial charge in [0, 0.05) is 12.5 Å². The number of carbonyl (C=O) groups excluding carboxylic acids is 2. The zero-order chi connectivity index (χ0) is 19.1. The maximum atomic E-state index is 12.2. The van der Waals surface area contributed by atoms with Gasteiger partial charge < -0.3 is 15.2 Å². The average molecular weight is 355 g/mol. The van der Waals surface area contributed by atoms with Crippen molar-refractivity contribution in [3.8, 4) is 5.75 Å². The van der Waals surface area contributed by atoms with Gasteiger partial charge in [-0.2, -0.15) is 0 Å². The zero-order valence-corrected chi connectivity index (χ0v) is 15.4. The molecule has 2 rings (SSSR count). The summed E-state index contributed by atoms with van der Waals surface area (Å²) in [5, 5.41) is 12.7. The van der Waals surface area contributed by atoms with Gasteiger partial charge in [-0.1, -0.05) is 43.3 Å². The Hall–Kier alpha value is -2.82. The van der Waals surface area contributed by atoms with Crippen LogP contribution < -0.4 is 5.32 Å². The number of phenols is 1. The number of nitrogens with one attached hydrogen (secondary N) is 1. The third kappa shape index (κ3) is 5.09. The molecule has 5 nitrogen and oxygen atoms in total. The molecule has 0 saturated heterocycles. The molecule has 5 heteroatoms. The summed E-state index contributed by atoms with van der Waals surface area (Å²) >= 11 is 0. The van der Waals surface area contributed by atoms with Crippen molar-refractivity contribution >= 4 is 11.9 Å². The van der Waals surface area contributed by atoms with E-state index in [0.29, 0.717) is 6.54 Å². The normalized spacial score (nSPS) is 12.9. The molecule has 0 aliphatic rings. The van der Waals surface area contributed by atoms with Gasteiger partial charge in [-0.25, -0.2) is 4.79 Å². The van der Waals surface area contributed by atoms with Crippen LogP contribution in [0.5, 0.6) is 5.75 Å². The fourth-order valence-electron chi connectivity index (χ4n) is 2.68.